The topological polar surface area (TPSA) is 39.4 Å². The first-order chi connectivity index (χ1) is 11.7. The van der Waals surface area contributed by atoms with Crippen LogP contribution in [0, 0.1) is 0 Å². The number of fused-ring (bicyclic) bond motifs is 1. The molecule has 4 aromatic rings. The summed E-state index contributed by atoms with van der Waals surface area (Å²) in [4.78, 5) is 5.44. The summed E-state index contributed by atoms with van der Waals surface area (Å²) >= 11 is 13.5. The van der Waals surface area contributed by atoms with E-state index in [0.717, 1.165) is 21.2 Å². The van der Waals surface area contributed by atoms with Crippen molar-refractivity contribution in [2.24, 2.45) is 0 Å². The first-order valence-electron chi connectivity index (χ1n) is 7.17. The van der Waals surface area contributed by atoms with Gasteiger partial charge in [-0.2, -0.15) is 5.10 Å². The molecule has 0 fully saturated rings. The highest BCUT2D eigenvalue weighted by atomic mass is 35.5. The molecule has 0 aliphatic rings. The molecule has 7 heteroatoms. The Bertz CT molecular complexity index is 966. The third kappa shape index (κ3) is 3.11. The second-order valence-electron chi connectivity index (χ2n) is 5.08. The maximum absolute atomic E-state index is 6.10. The summed E-state index contributed by atoms with van der Waals surface area (Å²) in [6.07, 6.45) is 1.92. The molecule has 2 heterocycles. The van der Waals surface area contributed by atoms with E-state index in [-0.39, 0.29) is 0 Å². The van der Waals surface area contributed by atoms with Crippen molar-refractivity contribution in [2.45, 2.75) is 6.61 Å². The monoisotopic (exact) mass is 375 g/mol. The van der Waals surface area contributed by atoms with Crippen molar-refractivity contribution < 1.29 is 4.74 Å². The largest absolute Gasteiger partial charge is 0.485 e. The van der Waals surface area contributed by atoms with Crippen molar-refractivity contribution in [3.63, 3.8) is 0 Å². The highest BCUT2D eigenvalue weighted by Gasteiger charge is 2.11. The summed E-state index contributed by atoms with van der Waals surface area (Å²) in [6, 6.07) is 15.2. The van der Waals surface area contributed by atoms with Gasteiger partial charge in [0.25, 0.3) is 0 Å². The molecule has 0 aliphatic heterocycles. The average Bonchev–Trinajstić information content (AvgIpc) is 3.13. The van der Waals surface area contributed by atoms with Gasteiger partial charge in [-0.15, -0.1) is 0 Å². The first kappa shape index (κ1) is 15.4. The van der Waals surface area contributed by atoms with Gasteiger partial charge in [0.05, 0.1) is 16.9 Å². The summed E-state index contributed by atoms with van der Waals surface area (Å²) in [7, 11) is 0. The predicted molar refractivity (Wildman–Crippen MR) is 97.1 cm³/mol. The quantitative estimate of drug-likeness (QED) is 0.482. The molecular weight excluding hydrogens is 365 g/mol. The van der Waals surface area contributed by atoms with Crippen LogP contribution in [0.3, 0.4) is 0 Å². The third-order valence-corrected chi connectivity index (χ3v) is 4.83. The van der Waals surface area contributed by atoms with Crippen LogP contribution in [0.1, 0.15) is 5.01 Å². The lowest BCUT2D eigenvalue weighted by Crippen LogP contribution is -1.96. The smallest absolute Gasteiger partial charge is 0.212 e. The molecule has 0 atom stereocenters. The highest BCUT2D eigenvalue weighted by Crippen LogP contribution is 2.29. The minimum Gasteiger partial charge on any atom is -0.485 e. The molecule has 0 aliphatic carbocycles. The van der Waals surface area contributed by atoms with Gasteiger partial charge in [-0.1, -0.05) is 64.9 Å². The molecule has 0 amide bonds. The van der Waals surface area contributed by atoms with E-state index in [9.17, 15) is 0 Å². The standard InChI is InChI=1S/C17H11Cl2N3OS/c18-12-6-7-15(13(19)8-12)23-10-16-21-22-9-14(20-17(22)24-16)11-4-2-1-3-5-11/h1-9H,10H2. The molecule has 0 N–H and O–H groups in total. The van der Waals surface area contributed by atoms with Crippen molar-refractivity contribution >= 4 is 39.5 Å². The number of aromatic nitrogens is 3. The zero-order chi connectivity index (χ0) is 16.5. The van der Waals surface area contributed by atoms with E-state index in [1.807, 2.05) is 36.5 Å². The van der Waals surface area contributed by atoms with Crippen LogP contribution in [-0.4, -0.2) is 14.6 Å². The van der Waals surface area contributed by atoms with Crippen LogP contribution in [0.15, 0.2) is 54.7 Å². The molecule has 0 spiro atoms. The lowest BCUT2D eigenvalue weighted by molar-refractivity contribution is 0.304. The lowest BCUT2D eigenvalue weighted by atomic mass is 10.2. The van der Waals surface area contributed by atoms with Crippen LogP contribution < -0.4 is 4.74 Å². The molecule has 0 saturated carbocycles. The van der Waals surface area contributed by atoms with Crippen LogP contribution in [-0.2, 0) is 6.61 Å². The van der Waals surface area contributed by atoms with Gasteiger partial charge in [0.1, 0.15) is 12.4 Å². The van der Waals surface area contributed by atoms with Crippen LogP contribution in [0.5, 0.6) is 5.75 Å². The Morgan fingerprint density at radius 1 is 1.08 bits per heavy atom. The molecule has 120 valence electrons. The molecule has 0 unspecified atom stereocenters. The Morgan fingerprint density at radius 3 is 2.67 bits per heavy atom. The zero-order valence-corrected chi connectivity index (χ0v) is 14.6. The molecule has 4 nitrogen and oxygen atoms in total. The fourth-order valence-electron chi connectivity index (χ4n) is 2.28. The number of imidazole rings is 1. The molecule has 0 saturated heterocycles. The molecule has 0 bridgehead atoms. The fourth-order valence-corrected chi connectivity index (χ4v) is 3.53. The summed E-state index contributed by atoms with van der Waals surface area (Å²) in [5, 5.41) is 6.38. The van der Waals surface area contributed by atoms with Crippen molar-refractivity contribution in [3.8, 4) is 17.0 Å². The maximum Gasteiger partial charge on any atom is 0.212 e. The summed E-state index contributed by atoms with van der Waals surface area (Å²) in [5.74, 6) is 0.582. The van der Waals surface area contributed by atoms with Gasteiger partial charge in [0, 0.05) is 10.6 Å². The van der Waals surface area contributed by atoms with Gasteiger partial charge < -0.3 is 4.74 Å². The normalized spacial score (nSPS) is 11.1. The van der Waals surface area contributed by atoms with E-state index < -0.39 is 0 Å². The Labute approximate surface area is 152 Å². The number of rotatable bonds is 4. The molecule has 0 radical (unpaired) electrons. The van der Waals surface area contributed by atoms with Crippen molar-refractivity contribution in [3.05, 3.63) is 69.8 Å². The Morgan fingerprint density at radius 2 is 1.92 bits per heavy atom. The van der Waals surface area contributed by atoms with Crippen LogP contribution in [0.4, 0.5) is 0 Å². The Kier molecular flexibility index (Phi) is 4.14. The summed E-state index contributed by atoms with van der Waals surface area (Å²) in [6.45, 7) is 0.329. The lowest BCUT2D eigenvalue weighted by Gasteiger charge is -2.05. The van der Waals surface area contributed by atoms with Gasteiger partial charge in [-0.05, 0) is 18.2 Å². The maximum atomic E-state index is 6.10. The van der Waals surface area contributed by atoms with Gasteiger partial charge in [-0.3, -0.25) is 0 Å². The van der Waals surface area contributed by atoms with Gasteiger partial charge in [-0.25, -0.2) is 9.50 Å². The predicted octanol–water partition coefficient (Wildman–Crippen LogP) is 5.34. The van der Waals surface area contributed by atoms with Gasteiger partial charge in [0.2, 0.25) is 4.96 Å². The van der Waals surface area contributed by atoms with Crippen LogP contribution in [0.25, 0.3) is 16.2 Å². The number of hydrogen-bond donors (Lipinski definition) is 0. The summed E-state index contributed by atoms with van der Waals surface area (Å²) in [5.41, 5.74) is 1.98. The minimum atomic E-state index is 0.329. The zero-order valence-electron chi connectivity index (χ0n) is 12.3. The van der Waals surface area contributed by atoms with Gasteiger partial charge >= 0.3 is 0 Å². The number of benzene rings is 2. The average molecular weight is 376 g/mol. The van der Waals surface area contributed by atoms with E-state index in [0.29, 0.717) is 22.4 Å². The van der Waals surface area contributed by atoms with E-state index in [1.54, 1.807) is 22.7 Å². The summed E-state index contributed by atoms with van der Waals surface area (Å²) < 4.78 is 7.48. The van der Waals surface area contributed by atoms with E-state index >= 15 is 0 Å². The number of ether oxygens (including phenoxy) is 1. The van der Waals surface area contributed by atoms with Crippen molar-refractivity contribution in [1.29, 1.82) is 0 Å². The van der Waals surface area contributed by atoms with E-state index in [2.05, 4.69) is 10.1 Å². The molecule has 2 aromatic heterocycles. The fraction of sp³-hybridized carbons (Fsp3) is 0.0588. The number of hydrogen-bond acceptors (Lipinski definition) is 4. The minimum absolute atomic E-state index is 0.329. The third-order valence-electron chi connectivity index (χ3n) is 3.40. The first-order valence-corrected chi connectivity index (χ1v) is 8.75. The number of halogens is 2. The molecular formula is C17H11Cl2N3OS. The van der Waals surface area contributed by atoms with Gasteiger partial charge in [0.15, 0.2) is 5.01 Å². The van der Waals surface area contributed by atoms with Crippen LogP contribution >= 0.6 is 34.5 Å². The second kappa shape index (κ2) is 6.43. The van der Waals surface area contributed by atoms with E-state index in [1.165, 1.54) is 11.3 Å². The SMILES string of the molecule is Clc1ccc(OCc2nn3cc(-c4ccccc4)nc3s2)c(Cl)c1. The number of nitrogens with zero attached hydrogens (tertiary/aromatic N) is 3. The Hall–Kier alpha value is -2.08. The van der Waals surface area contributed by atoms with Crippen molar-refractivity contribution in [2.75, 3.05) is 0 Å². The Balaban J connectivity index is 1.52. The highest BCUT2D eigenvalue weighted by molar-refractivity contribution is 7.16. The second-order valence-corrected chi connectivity index (χ2v) is 6.96. The molecule has 2 aromatic carbocycles. The van der Waals surface area contributed by atoms with Crippen molar-refractivity contribution in [1.82, 2.24) is 14.6 Å². The molecule has 4 rings (SSSR count). The van der Waals surface area contributed by atoms with E-state index in [4.69, 9.17) is 27.9 Å². The molecule has 24 heavy (non-hydrogen) atoms. The van der Waals surface area contributed by atoms with Crippen LogP contribution in [0.2, 0.25) is 10.0 Å².